The Bertz CT molecular complexity index is 988. The van der Waals surface area contributed by atoms with Gasteiger partial charge in [-0.15, -0.1) is 0 Å². The molecule has 0 bridgehead atoms. The highest BCUT2D eigenvalue weighted by atomic mass is 32.2. The molecule has 1 N–H and O–H groups in total. The molecule has 150 valence electrons. The number of aryl methyl sites for hydroxylation is 1. The second kappa shape index (κ2) is 8.39. The first-order valence-electron chi connectivity index (χ1n) is 8.32. The predicted octanol–water partition coefficient (Wildman–Crippen LogP) is 2.57. The maximum Gasteiger partial charge on any atom is 0.338 e. The highest BCUT2D eigenvalue weighted by Crippen LogP contribution is 2.22. The molecule has 9 heteroatoms. The van der Waals surface area contributed by atoms with E-state index < -0.39 is 33.8 Å². The number of likely N-dealkylation sites (N-methyl/N-ethyl adjacent to an activating group) is 1. The third-order valence-electron chi connectivity index (χ3n) is 3.88. The van der Waals surface area contributed by atoms with Crippen molar-refractivity contribution in [1.29, 1.82) is 0 Å². The molecule has 0 spiro atoms. The molecule has 2 rings (SSSR count). The zero-order valence-electron chi connectivity index (χ0n) is 15.9. The Kier molecular flexibility index (Phi) is 6.40. The monoisotopic (exact) mass is 408 g/mol. The van der Waals surface area contributed by atoms with E-state index in [1.165, 1.54) is 56.3 Å². The van der Waals surface area contributed by atoms with Crippen molar-refractivity contribution in [2.24, 2.45) is 0 Å². The molecule has 1 amide bonds. The Labute approximate surface area is 163 Å². The fourth-order valence-electron chi connectivity index (χ4n) is 2.39. The number of halogens is 1. The quantitative estimate of drug-likeness (QED) is 0.742. The second-order valence-corrected chi connectivity index (χ2v) is 8.02. The zero-order valence-corrected chi connectivity index (χ0v) is 16.7. The van der Waals surface area contributed by atoms with Crippen molar-refractivity contribution in [2.45, 2.75) is 24.8 Å². The van der Waals surface area contributed by atoms with Gasteiger partial charge in [-0.05, 0) is 55.8 Å². The van der Waals surface area contributed by atoms with Crippen LogP contribution in [0.25, 0.3) is 0 Å². The lowest BCUT2D eigenvalue weighted by Crippen LogP contribution is -2.34. The summed E-state index contributed by atoms with van der Waals surface area (Å²) < 4.78 is 45.8. The first kappa shape index (κ1) is 21.4. The molecule has 0 aromatic heterocycles. The summed E-state index contributed by atoms with van der Waals surface area (Å²) >= 11 is 0. The highest BCUT2D eigenvalue weighted by Gasteiger charge is 2.23. The normalized spacial score (nSPS) is 12.2. The third kappa shape index (κ3) is 5.07. The van der Waals surface area contributed by atoms with Gasteiger partial charge in [-0.3, -0.25) is 9.52 Å². The fourth-order valence-corrected chi connectivity index (χ4v) is 3.72. The first-order valence-corrected chi connectivity index (χ1v) is 9.81. The molecule has 0 aliphatic heterocycles. The summed E-state index contributed by atoms with van der Waals surface area (Å²) in [6.07, 6.45) is -1.01. The molecule has 2 aromatic carbocycles. The van der Waals surface area contributed by atoms with E-state index in [2.05, 4.69) is 4.72 Å². The Morgan fingerprint density at radius 2 is 1.71 bits per heavy atom. The van der Waals surface area contributed by atoms with Gasteiger partial charge in [0.2, 0.25) is 0 Å². The lowest BCUT2D eigenvalue weighted by molar-refractivity contribution is -0.137. The minimum absolute atomic E-state index is 0.0107. The molecule has 7 nitrogen and oxygen atoms in total. The summed E-state index contributed by atoms with van der Waals surface area (Å²) in [6.45, 7) is 3.01. The van der Waals surface area contributed by atoms with Crippen molar-refractivity contribution in [1.82, 2.24) is 4.90 Å². The third-order valence-corrected chi connectivity index (χ3v) is 5.41. The summed E-state index contributed by atoms with van der Waals surface area (Å²) in [6, 6.07) is 8.89. The minimum Gasteiger partial charge on any atom is -0.449 e. The molecule has 0 saturated heterocycles. The molecule has 0 aliphatic carbocycles. The largest absolute Gasteiger partial charge is 0.449 e. The number of hydrogen-bond acceptors (Lipinski definition) is 5. The molecule has 0 aliphatic rings. The Morgan fingerprint density at radius 1 is 1.11 bits per heavy atom. The predicted molar refractivity (Wildman–Crippen MR) is 102 cm³/mol. The number of sulfonamides is 1. The number of anilines is 1. The van der Waals surface area contributed by atoms with Crippen LogP contribution < -0.4 is 4.72 Å². The first-order chi connectivity index (χ1) is 13.0. The molecule has 28 heavy (non-hydrogen) atoms. The number of ether oxygens (including phenoxy) is 1. The maximum absolute atomic E-state index is 13.0. The van der Waals surface area contributed by atoms with E-state index in [0.29, 0.717) is 5.56 Å². The summed E-state index contributed by atoms with van der Waals surface area (Å²) in [5.74, 6) is -1.71. The van der Waals surface area contributed by atoms with Gasteiger partial charge in [0.05, 0.1) is 10.5 Å². The SMILES string of the molecule is Cc1ccc(C(=O)O[C@@H](C)C(=O)N(C)C)cc1S(=O)(=O)Nc1ccc(F)cc1. The van der Waals surface area contributed by atoms with Crippen LogP contribution in [0.4, 0.5) is 10.1 Å². The molecular formula is C19H21FN2O5S. The van der Waals surface area contributed by atoms with Crippen molar-refractivity contribution < 1.29 is 27.1 Å². The van der Waals surface area contributed by atoms with E-state index in [-0.39, 0.29) is 16.1 Å². The number of amides is 1. The molecular weight excluding hydrogens is 387 g/mol. The van der Waals surface area contributed by atoms with E-state index in [4.69, 9.17) is 4.74 Å². The number of carbonyl (C=O) groups excluding carboxylic acids is 2. The van der Waals surface area contributed by atoms with E-state index in [0.717, 1.165) is 12.1 Å². The van der Waals surface area contributed by atoms with E-state index in [9.17, 15) is 22.4 Å². The number of rotatable bonds is 6. The van der Waals surface area contributed by atoms with Crippen LogP contribution >= 0.6 is 0 Å². The Morgan fingerprint density at radius 3 is 2.29 bits per heavy atom. The summed E-state index contributed by atoms with van der Waals surface area (Å²) in [7, 11) is -0.962. The van der Waals surface area contributed by atoms with Crippen LogP contribution in [0.15, 0.2) is 47.4 Å². The average Bonchev–Trinajstić information content (AvgIpc) is 2.62. The van der Waals surface area contributed by atoms with Gasteiger partial charge in [0.25, 0.3) is 15.9 Å². The molecule has 2 aromatic rings. The number of benzene rings is 2. The van der Waals surface area contributed by atoms with Crippen molar-refractivity contribution in [3.8, 4) is 0 Å². The maximum atomic E-state index is 13.0. The van der Waals surface area contributed by atoms with Gasteiger partial charge in [0.15, 0.2) is 6.10 Å². The van der Waals surface area contributed by atoms with Crippen molar-refractivity contribution in [3.63, 3.8) is 0 Å². The Balaban J connectivity index is 2.27. The van der Waals surface area contributed by atoms with E-state index in [1.807, 2.05) is 0 Å². The molecule has 0 heterocycles. The number of carbonyl (C=O) groups is 2. The van der Waals surface area contributed by atoms with Crippen molar-refractivity contribution in [2.75, 3.05) is 18.8 Å². The van der Waals surface area contributed by atoms with Crippen LogP contribution in [0.1, 0.15) is 22.8 Å². The number of nitrogens with one attached hydrogen (secondary N) is 1. The lowest BCUT2D eigenvalue weighted by Gasteiger charge is -2.17. The summed E-state index contributed by atoms with van der Waals surface area (Å²) in [5.41, 5.74) is 0.575. The number of hydrogen-bond donors (Lipinski definition) is 1. The van der Waals surface area contributed by atoms with Gasteiger partial charge in [-0.2, -0.15) is 0 Å². The second-order valence-electron chi connectivity index (χ2n) is 6.37. The van der Waals surface area contributed by atoms with Crippen LogP contribution in [-0.4, -0.2) is 45.4 Å². The molecule has 0 unspecified atom stereocenters. The summed E-state index contributed by atoms with van der Waals surface area (Å²) in [4.78, 5) is 25.3. The minimum atomic E-state index is -4.03. The van der Waals surface area contributed by atoms with Gasteiger partial charge in [0, 0.05) is 19.8 Å². The van der Waals surface area contributed by atoms with Crippen LogP contribution in [0, 0.1) is 12.7 Å². The topological polar surface area (TPSA) is 92.8 Å². The van der Waals surface area contributed by atoms with Gasteiger partial charge in [-0.1, -0.05) is 6.07 Å². The number of nitrogens with zero attached hydrogens (tertiary/aromatic N) is 1. The van der Waals surface area contributed by atoms with E-state index >= 15 is 0 Å². The molecule has 1 atom stereocenters. The molecule has 0 fully saturated rings. The van der Waals surface area contributed by atoms with Crippen LogP contribution in [-0.2, 0) is 19.6 Å². The van der Waals surface area contributed by atoms with Gasteiger partial charge in [0.1, 0.15) is 5.82 Å². The highest BCUT2D eigenvalue weighted by molar-refractivity contribution is 7.92. The van der Waals surface area contributed by atoms with Crippen LogP contribution in [0.5, 0.6) is 0 Å². The summed E-state index contributed by atoms with van der Waals surface area (Å²) in [5, 5.41) is 0. The van der Waals surface area contributed by atoms with Crippen molar-refractivity contribution in [3.05, 3.63) is 59.4 Å². The van der Waals surface area contributed by atoms with Gasteiger partial charge >= 0.3 is 5.97 Å². The van der Waals surface area contributed by atoms with Crippen molar-refractivity contribution >= 4 is 27.6 Å². The fraction of sp³-hybridized carbons (Fsp3) is 0.263. The van der Waals surface area contributed by atoms with Crippen LogP contribution in [0.3, 0.4) is 0 Å². The van der Waals surface area contributed by atoms with Gasteiger partial charge < -0.3 is 9.64 Å². The molecule has 0 saturated carbocycles. The Hall–Kier alpha value is -2.94. The lowest BCUT2D eigenvalue weighted by atomic mass is 10.1. The van der Waals surface area contributed by atoms with E-state index in [1.54, 1.807) is 6.92 Å². The zero-order chi connectivity index (χ0) is 21.1. The van der Waals surface area contributed by atoms with Crippen LogP contribution in [0.2, 0.25) is 0 Å². The van der Waals surface area contributed by atoms with Gasteiger partial charge in [-0.25, -0.2) is 17.6 Å². The molecule has 0 radical (unpaired) electrons. The smallest absolute Gasteiger partial charge is 0.338 e. The average molecular weight is 408 g/mol. The number of esters is 1. The standard InChI is InChI=1S/C19H21FN2O5S/c1-12-5-6-14(19(24)27-13(2)18(23)22(3)4)11-17(12)28(25,26)21-16-9-7-15(20)8-10-16/h5-11,13,21H,1-4H3/t13-/m0/s1.